The van der Waals surface area contributed by atoms with Crippen molar-refractivity contribution in [3.8, 4) is 23.7 Å². The maximum absolute atomic E-state index is 13.8. The number of aryl methyl sites for hydroxylation is 1. The summed E-state index contributed by atoms with van der Waals surface area (Å²) in [6.07, 6.45) is 0. The van der Waals surface area contributed by atoms with Crippen molar-refractivity contribution >= 4 is 0 Å². The molecule has 0 amide bonds. The molecule has 29 heavy (non-hydrogen) atoms. The molecule has 3 aromatic carbocycles. The van der Waals surface area contributed by atoms with Gasteiger partial charge < -0.3 is 4.74 Å². The van der Waals surface area contributed by atoms with Gasteiger partial charge in [-0.1, -0.05) is 24.0 Å². The lowest BCUT2D eigenvalue weighted by molar-refractivity contribution is 0.302. The van der Waals surface area contributed by atoms with Crippen LogP contribution >= 0.6 is 0 Å². The Morgan fingerprint density at radius 3 is 1.90 bits per heavy atom. The Balaban J connectivity index is 1.70. The third-order valence-corrected chi connectivity index (χ3v) is 4.01. The molecular formula is C23H13F4NO. The molecule has 3 aromatic rings. The van der Waals surface area contributed by atoms with Crippen LogP contribution in [0.15, 0.2) is 48.5 Å². The summed E-state index contributed by atoms with van der Waals surface area (Å²) in [7, 11) is 0. The van der Waals surface area contributed by atoms with E-state index < -0.39 is 28.8 Å². The zero-order valence-corrected chi connectivity index (χ0v) is 15.2. The third-order valence-electron chi connectivity index (χ3n) is 4.01. The van der Waals surface area contributed by atoms with Gasteiger partial charge in [0.25, 0.3) is 0 Å². The van der Waals surface area contributed by atoms with Gasteiger partial charge in [0.05, 0.1) is 5.56 Å². The first-order valence-electron chi connectivity index (χ1n) is 8.46. The second-order valence-electron chi connectivity index (χ2n) is 6.21. The Hall–Kier alpha value is -3.77. The highest BCUT2D eigenvalue weighted by Crippen LogP contribution is 2.21. The molecule has 0 saturated carbocycles. The normalized spacial score (nSPS) is 10.1. The molecule has 0 aliphatic rings. The van der Waals surface area contributed by atoms with Gasteiger partial charge in [0.2, 0.25) is 0 Å². The van der Waals surface area contributed by atoms with Crippen LogP contribution in [0.25, 0.3) is 0 Å². The van der Waals surface area contributed by atoms with E-state index >= 15 is 0 Å². The number of nitrogens with zero attached hydrogens (tertiary/aromatic N) is 1. The van der Waals surface area contributed by atoms with E-state index in [1.54, 1.807) is 31.2 Å². The van der Waals surface area contributed by atoms with Crippen molar-refractivity contribution in [2.45, 2.75) is 13.5 Å². The van der Waals surface area contributed by atoms with Crippen LogP contribution in [-0.2, 0) is 6.61 Å². The molecule has 0 aromatic heterocycles. The molecule has 0 aliphatic heterocycles. The van der Waals surface area contributed by atoms with E-state index in [2.05, 4.69) is 11.8 Å². The van der Waals surface area contributed by atoms with E-state index in [1.807, 2.05) is 0 Å². The van der Waals surface area contributed by atoms with Crippen LogP contribution in [0.4, 0.5) is 17.6 Å². The van der Waals surface area contributed by atoms with Crippen molar-refractivity contribution < 1.29 is 22.3 Å². The van der Waals surface area contributed by atoms with Crippen molar-refractivity contribution in [1.82, 2.24) is 0 Å². The fraction of sp³-hybridized carbons (Fsp3) is 0.0870. The molecule has 0 N–H and O–H groups in total. The molecule has 0 heterocycles. The number of halogens is 4. The van der Waals surface area contributed by atoms with E-state index in [0.717, 1.165) is 12.1 Å². The highest BCUT2D eigenvalue weighted by molar-refractivity contribution is 5.45. The van der Waals surface area contributed by atoms with Crippen molar-refractivity contribution in [2.24, 2.45) is 0 Å². The van der Waals surface area contributed by atoms with Crippen LogP contribution in [0.5, 0.6) is 5.75 Å². The van der Waals surface area contributed by atoms with Gasteiger partial charge in [0, 0.05) is 17.7 Å². The summed E-state index contributed by atoms with van der Waals surface area (Å²) >= 11 is 0. The molecule has 0 atom stereocenters. The van der Waals surface area contributed by atoms with Crippen molar-refractivity contribution in [2.75, 3.05) is 0 Å². The minimum absolute atomic E-state index is 0.0275. The van der Waals surface area contributed by atoms with E-state index in [0.29, 0.717) is 16.7 Å². The minimum atomic E-state index is -0.997. The van der Waals surface area contributed by atoms with Gasteiger partial charge >= 0.3 is 0 Å². The van der Waals surface area contributed by atoms with Crippen LogP contribution in [-0.4, -0.2) is 0 Å². The summed E-state index contributed by atoms with van der Waals surface area (Å²) < 4.78 is 60.1. The van der Waals surface area contributed by atoms with Crippen LogP contribution in [0, 0.1) is 53.4 Å². The molecule has 2 nitrogen and oxygen atoms in total. The maximum Gasteiger partial charge on any atom is 0.147 e. The smallest absolute Gasteiger partial charge is 0.147 e. The lowest BCUT2D eigenvalue weighted by Gasteiger charge is -2.07. The van der Waals surface area contributed by atoms with E-state index in [9.17, 15) is 17.6 Å². The molecular weight excluding hydrogens is 382 g/mol. The second kappa shape index (κ2) is 8.50. The lowest BCUT2D eigenvalue weighted by Crippen LogP contribution is -1.98. The monoisotopic (exact) mass is 395 g/mol. The molecule has 3 rings (SSSR count). The Morgan fingerprint density at radius 1 is 0.793 bits per heavy atom. The van der Waals surface area contributed by atoms with E-state index in [1.165, 1.54) is 18.2 Å². The summed E-state index contributed by atoms with van der Waals surface area (Å²) in [4.78, 5) is 0. The molecule has 0 radical (unpaired) electrons. The first kappa shape index (κ1) is 20.0. The van der Waals surface area contributed by atoms with Gasteiger partial charge in [-0.3, -0.25) is 0 Å². The molecule has 0 fully saturated rings. The van der Waals surface area contributed by atoms with Crippen molar-refractivity contribution in [1.29, 1.82) is 5.26 Å². The molecule has 0 bridgehead atoms. The summed E-state index contributed by atoms with van der Waals surface area (Å²) in [6, 6.07) is 12.3. The topological polar surface area (TPSA) is 33.0 Å². The van der Waals surface area contributed by atoms with Crippen LogP contribution in [0.3, 0.4) is 0 Å². The van der Waals surface area contributed by atoms with Gasteiger partial charge in [-0.25, -0.2) is 17.6 Å². The maximum atomic E-state index is 13.8. The molecule has 0 aliphatic carbocycles. The number of benzene rings is 3. The van der Waals surface area contributed by atoms with Gasteiger partial charge in [-0.05, 0) is 42.3 Å². The highest BCUT2D eigenvalue weighted by Gasteiger charge is 2.11. The lowest BCUT2D eigenvalue weighted by atomic mass is 10.1. The highest BCUT2D eigenvalue weighted by atomic mass is 19.1. The molecule has 0 spiro atoms. The van der Waals surface area contributed by atoms with Crippen LogP contribution in [0.1, 0.15) is 27.8 Å². The number of hydrogen-bond donors (Lipinski definition) is 0. The summed E-state index contributed by atoms with van der Waals surface area (Å²) in [6.45, 7) is 1.62. The summed E-state index contributed by atoms with van der Waals surface area (Å²) in [5, 5.41) is 8.66. The second-order valence-corrected chi connectivity index (χ2v) is 6.21. The van der Waals surface area contributed by atoms with Gasteiger partial charge in [0.15, 0.2) is 0 Å². The minimum Gasteiger partial charge on any atom is -0.489 e. The SMILES string of the molecule is Cc1cc(F)c(C#Cc2ccc(COc3cc(F)c(C#N)c(F)c3)cc2)c(F)c1. The number of nitriles is 1. The average Bonchev–Trinajstić information content (AvgIpc) is 2.66. The predicted octanol–water partition coefficient (Wildman–Crippen LogP) is 5.40. The standard InChI is InChI=1S/C23H13F4NO/c1-14-8-20(24)18(21(25)9-14)7-6-15-2-4-16(5-3-15)13-29-17-10-22(26)19(12-28)23(27)11-17/h2-5,8-11H,13H2,1H3. The largest absolute Gasteiger partial charge is 0.489 e. The first-order chi connectivity index (χ1) is 13.9. The van der Waals surface area contributed by atoms with Gasteiger partial charge in [-0.15, -0.1) is 0 Å². The summed E-state index contributed by atoms with van der Waals surface area (Å²) in [5.41, 5.74) is 0.726. The van der Waals surface area contributed by atoms with Crippen molar-refractivity contribution in [3.05, 3.63) is 99.6 Å². The van der Waals surface area contributed by atoms with Crippen LogP contribution in [0.2, 0.25) is 0 Å². The van der Waals surface area contributed by atoms with Gasteiger partial charge in [-0.2, -0.15) is 5.26 Å². The summed E-state index contributed by atoms with van der Waals surface area (Å²) in [5.74, 6) is 1.69. The third kappa shape index (κ3) is 4.75. The van der Waals surface area contributed by atoms with Gasteiger partial charge in [0.1, 0.15) is 47.3 Å². The van der Waals surface area contributed by atoms with E-state index in [4.69, 9.17) is 10.00 Å². The van der Waals surface area contributed by atoms with Crippen molar-refractivity contribution in [3.63, 3.8) is 0 Å². The molecule has 144 valence electrons. The molecule has 0 saturated heterocycles. The quantitative estimate of drug-likeness (QED) is 0.439. The Labute approximate surface area is 165 Å². The first-order valence-corrected chi connectivity index (χ1v) is 8.46. The van der Waals surface area contributed by atoms with Crippen LogP contribution < -0.4 is 4.74 Å². The Kier molecular flexibility index (Phi) is 5.85. The fourth-order valence-corrected chi connectivity index (χ4v) is 2.54. The average molecular weight is 395 g/mol. The van der Waals surface area contributed by atoms with E-state index in [-0.39, 0.29) is 17.9 Å². The molecule has 0 unspecified atom stereocenters. The fourth-order valence-electron chi connectivity index (χ4n) is 2.54. The number of rotatable bonds is 3. The zero-order chi connectivity index (χ0) is 21.0. The molecule has 6 heteroatoms. The Bertz CT molecular complexity index is 1120. The Morgan fingerprint density at radius 2 is 1.34 bits per heavy atom. The number of ether oxygens (including phenoxy) is 1. The zero-order valence-electron chi connectivity index (χ0n) is 15.2. The predicted molar refractivity (Wildman–Crippen MR) is 98.9 cm³/mol. The number of hydrogen-bond acceptors (Lipinski definition) is 2.